The van der Waals surface area contributed by atoms with Gasteiger partial charge in [0.15, 0.2) is 5.76 Å². The van der Waals surface area contributed by atoms with Crippen LogP contribution >= 0.6 is 0 Å². The molecule has 0 aliphatic heterocycles. The third-order valence-corrected chi connectivity index (χ3v) is 2.51. The minimum absolute atomic E-state index is 0.0193. The second-order valence-corrected chi connectivity index (χ2v) is 4.25. The molecule has 1 rings (SSSR count). The van der Waals surface area contributed by atoms with Crippen LogP contribution in [0.4, 0.5) is 0 Å². The summed E-state index contributed by atoms with van der Waals surface area (Å²) >= 11 is 0. The predicted octanol–water partition coefficient (Wildman–Crippen LogP) is 1.38. The van der Waals surface area contributed by atoms with Gasteiger partial charge in [-0.25, -0.2) is 4.79 Å². The van der Waals surface area contributed by atoms with Crippen molar-refractivity contribution in [2.45, 2.75) is 19.9 Å². The van der Waals surface area contributed by atoms with Crippen LogP contribution in [0.2, 0.25) is 0 Å². The summed E-state index contributed by atoms with van der Waals surface area (Å²) in [5, 5.41) is 11.4. The number of nitrogens with one attached hydrogen (secondary N) is 1. The van der Waals surface area contributed by atoms with Crippen LogP contribution in [0.5, 0.6) is 0 Å². The molecule has 0 fully saturated rings. The molecular weight excluding hydrogens is 238 g/mol. The van der Waals surface area contributed by atoms with Crippen molar-refractivity contribution < 1.29 is 23.8 Å². The van der Waals surface area contributed by atoms with Gasteiger partial charge >= 0.3 is 5.97 Å². The van der Waals surface area contributed by atoms with E-state index in [1.165, 1.54) is 12.1 Å². The van der Waals surface area contributed by atoms with Crippen LogP contribution in [-0.4, -0.2) is 36.7 Å². The zero-order valence-electron chi connectivity index (χ0n) is 10.6. The Bertz CT molecular complexity index is 424. The molecule has 6 heteroatoms. The first-order valence-corrected chi connectivity index (χ1v) is 5.58. The van der Waals surface area contributed by atoms with Gasteiger partial charge in [-0.05, 0) is 18.1 Å². The lowest BCUT2D eigenvalue weighted by molar-refractivity contribution is 0.0658. The SMILES string of the molecule is COCC(NC(=O)c1ccc(C(=O)O)o1)C(C)C. The summed E-state index contributed by atoms with van der Waals surface area (Å²) in [6.45, 7) is 4.29. The summed E-state index contributed by atoms with van der Waals surface area (Å²) in [5.41, 5.74) is 0. The average molecular weight is 255 g/mol. The molecule has 1 aromatic heterocycles. The molecule has 2 N–H and O–H groups in total. The van der Waals surface area contributed by atoms with Crippen LogP contribution in [-0.2, 0) is 4.74 Å². The second kappa shape index (κ2) is 6.20. The summed E-state index contributed by atoms with van der Waals surface area (Å²) in [6.07, 6.45) is 0. The zero-order valence-corrected chi connectivity index (χ0v) is 10.6. The monoisotopic (exact) mass is 255 g/mol. The summed E-state index contributed by atoms with van der Waals surface area (Å²) in [5.74, 6) is -1.73. The van der Waals surface area contributed by atoms with Gasteiger partial charge in [0.05, 0.1) is 12.6 Å². The highest BCUT2D eigenvalue weighted by Crippen LogP contribution is 2.09. The fourth-order valence-electron chi connectivity index (χ4n) is 1.39. The highest BCUT2D eigenvalue weighted by molar-refractivity contribution is 5.93. The molecule has 1 amide bonds. The summed E-state index contributed by atoms with van der Waals surface area (Å²) in [4.78, 5) is 22.4. The van der Waals surface area contributed by atoms with E-state index in [-0.39, 0.29) is 23.5 Å². The van der Waals surface area contributed by atoms with E-state index in [4.69, 9.17) is 14.3 Å². The normalized spacial score (nSPS) is 12.4. The number of carbonyl (C=O) groups is 2. The third-order valence-electron chi connectivity index (χ3n) is 2.51. The van der Waals surface area contributed by atoms with Crippen molar-refractivity contribution in [2.75, 3.05) is 13.7 Å². The van der Waals surface area contributed by atoms with Crippen LogP contribution in [0.25, 0.3) is 0 Å². The number of carboxylic acids is 1. The maximum Gasteiger partial charge on any atom is 0.371 e. The molecule has 1 aromatic rings. The van der Waals surface area contributed by atoms with E-state index in [0.717, 1.165) is 0 Å². The van der Waals surface area contributed by atoms with Crippen molar-refractivity contribution >= 4 is 11.9 Å². The maximum absolute atomic E-state index is 11.8. The first kappa shape index (κ1) is 14.2. The molecule has 1 heterocycles. The van der Waals surface area contributed by atoms with E-state index in [1.807, 2.05) is 13.8 Å². The number of carboxylic acid groups (broad SMARTS) is 1. The fraction of sp³-hybridized carbons (Fsp3) is 0.500. The Morgan fingerprint density at radius 3 is 2.44 bits per heavy atom. The number of amides is 1. The van der Waals surface area contributed by atoms with Gasteiger partial charge in [0.2, 0.25) is 5.76 Å². The number of rotatable bonds is 6. The number of ether oxygens (including phenoxy) is 1. The molecule has 100 valence electrons. The molecule has 0 spiro atoms. The topological polar surface area (TPSA) is 88.8 Å². The lowest BCUT2D eigenvalue weighted by Gasteiger charge is -2.20. The van der Waals surface area contributed by atoms with E-state index in [1.54, 1.807) is 7.11 Å². The third kappa shape index (κ3) is 3.59. The Hall–Kier alpha value is -1.82. The first-order chi connectivity index (χ1) is 8.45. The Labute approximate surface area is 105 Å². The molecule has 18 heavy (non-hydrogen) atoms. The van der Waals surface area contributed by atoms with Crippen molar-refractivity contribution in [3.8, 4) is 0 Å². The van der Waals surface area contributed by atoms with Gasteiger partial charge in [0, 0.05) is 7.11 Å². The Morgan fingerprint density at radius 1 is 1.39 bits per heavy atom. The number of hydrogen-bond acceptors (Lipinski definition) is 4. The number of carbonyl (C=O) groups excluding carboxylic acids is 1. The summed E-state index contributed by atoms with van der Waals surface area (Å²) in [7, 11) is 1.55. The van der Waals surface area contributed by atoms with Crippen LogP contribution in [0.15, 0.2) is 16.5 Å². The summed E-state index contributed by atoms with van der Waals surface area (Å²) in [6, 6.07) is 2.43. The number of hydrogen-bond donors (Lipinski definition) is 2. The molecular formula is C12H17NO5. The van der Waals surface area contributed by atoms with E-state index < -0.39 is 11.9 Å². The van der Waals surface area contributed by atoms with E-state index >= 15 is 0 Å². The fourth-order valence-corrected chi connectivity index (χ4v) is 1.39. The minimum atomic E-state index is -1.20. The number of methoxy groups -OCH3 is 1. The molecule has 0 radical (unpaired) electrons. The lowest BCUT2D eigenvalue weighted by atomic mass is 10.1. The molecule has 1 unspecified atom stereocenters. The molecule has 0 bridgehead atoms. The predicted molar refractivity (Wildman–Crippen MR) is 63.6 cm³/mol. The van der Waals surface area contributed by atoms with Gasteiger partial charge in [0.25, 0.3) is 5.91 Å². The Kier molecular flexibility index (Phi) is 4.91. The maximum atomic E-state index is 11.8. The van der Waals surface area contributed by atoms with Gasteiger partial charge in [0.1, 0.15) is 0 Å². The first-order valence-electron chi connectivity index (χ1n) is 5.58. The molecule has 6 nitrogen and oxygen atoms in total. The second-order valence-electron chi connectivity index (χ2n) is 4.25. The number of aromatic carboxylic acids is 1. The van der Waals surface area contributed by atoms with Crippen LogP contribution in [0.1, 0.15) is 35.0 Å². The standard InChI is InChI=1S/C12H17NO5/c1-7(2)8(6-17-3)13-11(14)9-4-5-10(18-9)12(15)16/h4-5,7-8H,6H2,1-3H3,(H,13,14)(H,15,16). The quantitative estimate of drug-likeness (QED) is 0.801. The van der Waals surface area contributed by atoms with Crippen molar-refractivity contribution in [1.82, 2.24) is 5.32 Å². The van der Waals surface area contributed by atoms with Gasteiger partial charge in [-0.3, -0.25) is 4.79 Å². The van der Waals surface area contributed by atoms with Gasteiger partial charge < -0.3 is 19.6 Å². The van der Waals surface area contributed by atoms with Crippen molar-refractivity contribution in [3.63, 3.8) is 0 Å². The molecule has 1 atom stereocenters. The lowest BCUT2D eigenvalue weighted by Crippen LogP contribution is -2.41. The number of furan rings is 1. The van der Waals surface area contributed by atoms with Crippen molar-refractivity contribution in [3.05, 3.63) is 23.7 Å². The zero-order chi connectivity index (χ0) is 13.7. The minimum Gasteiger partial charge on any atom is -0.475 e. The van der Waals surface area contributed by atoms with Gasteiger partial charge in [-0.2, -0.15) is 0 Å². The Balaban J connectivity index is 2.71. The summed E-state index contributed by atoms with van der Waals surface area (Å²) < 4.78 is 9.92. The highest BCUT2D eigenvalue weighted by atomic mass is 16.5. The Morgan fingerprint density at radius 2 is 2.00 bits per heavy atom. The molecule has 0 saturated carbocycles. The van der Waals surface area contributed by atoms with Crippen molar-refractivity contribution in [2.24, 2.45) is 5.92 Å². The van der Waals surface area contributed by atoms with Gasteiger partial charge in [-0.15, -0.1) is 0 Å². The highest BCUT2D eigenvalue weighted by Gasteiger charge is 2.20. The van der Waals surface area contributed by atoms with Crippen molar-refractivity contribution in [1.29, 1.82) is 0 Å². The molecule has 0 aliphatic rings. The molecule has 0 aromatic carbocycles. The van der Waals surface area contributed by atoms with Crippen LogP contribution in [0, 0.1) is 5.92 Å². The van der Waals surface area contributed by atoms with E-state index in [9.17, 15) is 9.59 Å². The van der Waals surface area contributed by atoms with Crippen LogP contribution < -0.4 is 5.32 Å². The average Bonchev–Trinajstić information content (AvgIpc) is 2.77. The smallest absolute Gasteiger partial charge is 0.371 e. The van der Waals surface area contributed by atoms with Gasteiger partial charge in [-0.1, -0.05) is 13.8 Å². The van der Waals surface area contributed by atoms with E-state index in [2.05, 4.69) is 5.32 Å². The largest absolute Gasteiger partial charge is 0.475 e. The van der Waals surface area contributed by atoms with E-state index in [0.29, 0.717) is 6.61 Å². The van der Waals surface area contributed by atoms with Crippen LogP contribution in [0.3, 0.4) is 0 Å². The molecule has 0 aliphatic carbocycles. The molecule has 0 saturated heterocycles.